The van der Waals surface area contributed by atoms with E-state index in [0.717, 1.165) is 12.5 Å². The second kappa shape index (κ2) is 7.59. The van der Waals surface area contributed by atoms with Crippen molar-refractivity contribution >= 4 is 28.6 Å². The summed E-state index contributed by atoms with van der Waals surface area (Å²) in [7, 11) is 0. The van der Waals surface area contributed by atoms with Crippen LogP contribution in [0.1, 0.15) is 35.3 Å². The lowest BCUT2D eigenvalue weighted by atomic mass is 10.1. The van der Waals surface area contributed by atoms with Crippen molar-refractivity contribution < 1.29 is 23.2 Å². The standard InChI is InChI=1S/C25H23F2N5O3/c26-15-6-7-17-16(10-15)22(23(28)34)30-31(17)12-21(33)32-18-8-13(18)9-19(32)24(35)29-20-11-25(20,27)14-4-2-1-3-5-14/h1-7,10,13,18-20H,8-9,11-12H2,(H2,28,34)(H,29,35)/t13-,18-,19+,20?,25?/m1/s1. The third-order valence-electron chi connectivity index (χ3n) is 7.39. The van der Waals surface area contributed by atoms with Gasteiger partial charge in [-0.15, -0.1) is 0 Å². The number of carbonyl (C=O) groups is 3. The van der Waals surface area contributed by atoms with Crippen molar-refractivity contribution in [3.05, 3.63) is 65.6 Å². The Labute approximate surface area is 199 Å². The van der Waals surface area contributed by atoms with E-state index in [9.17, 15) is 18.8 Å². The van der Waals surface area contributed by atoms with E-state index in [1.165, 1.54) is 16.8 Å². The lowest BCUT2D eigenvalue weighted by Gasteiger charge is -2.27. The molecule has 2 saturated carbocycles. The third kappa shape index (κ3) is 3.55. The van der Waals surface area contributed by atoms with Gasteiger partial charge in [0.1, 0.15) is 18.4 Å². The minimum absolute atomic E-state index is 0.0448. The Hall–Kier alpha value is -3.82. The van der Waals surface area contributed by atoms with E-state index in [2.05, 4.69) is 10.4 Å². The zero-order chi connectivity index (χ0) is 24.5. The number of fused-ring (bicyclic) bond motifs is 2. The van der Waals surface area contributed by atoms with Crippen molar-refractivity contribution in [3.63, 3.8) is 0 Å². The molecule has 6 rings (SSSR count). The van der Waals surface area contributed by atoms with Crippen molar-refractivity contribution in [1.29, 1.82) is 0 Å². The summed E-state index contributed by atoms with van der Waals surface area (Å²) in [4.78, 5) is 39.8. The normalized spacial score (nSPS) is 28.6. The van der Waals surface area contributed by atoms with Crippen LogP contribution in [0.4, 0.5) is 8.78 Å². The Kier molecular flexibility index (Phi) is 4.71. The summed E-state index contributed by atoms with van der Waals surface area (Å²) in [6.07, 6.45) is 1.53. The number of amides is 3. The van der Waals surface area contributed by atoms with E-state index in [4.69, 9.17) is 5.73 Å². The van der Waals surface area contributed by atoms with Gasteiger partial charge in [0.05, 0.1) is 11.6 Å². The Morgan fingerprint density at radius 1 is 1.14 bits per heavy atom. The fraction of sp³-hybridized carbons (Fsp3) is 0.360. The molecular weight excluding hydrogens is 456 g/mol. The fourth-order valence-corrected chi connectivity index (χ4v) is 5.42. The lowest BCUT2D eigenvalue weighted by molar-refractivity contribution is -0.140. The first kappa shape index (κ1) is 21.7. The number of hydrogen-bond donors (Lipinski definition) is 2. The van der Waals surface area contributed by atoms with Gasteiger partial charge in [0.2, 0.25) is 11.8 Å². The molecule has 8 nitrogen and oxygen atoms in total. The molecule has 3 aromatic rings. The summed E-state index contributed by atoms with van der Waals surface area (Å²) in [6.45, 7) is -0.233. The van der Waals surface area contributed by atoms with Crippen molar-refractivity contribution in [2.24, 2.45) is 11.7 Å². The van der Waals surface area contributed by atoms with Gasteiger partial charge < -0.3 is 16.0 Å². The number of nitrogens with two attached hydrogens (primary N) is 1. The number of nitrogens with zero attached hydrogens (tertiary/aromatic N) is 3. The van der Waals surface area contributed by atoms with E-state index in [-0.39, 0.29) is 47.8 Å². The first-order chi connectivity index (χ1) is 16.8. The SMILES string of the molecule is NC(=O)c1nn(CC(=O)N2[C@@H]3C[C@@H]3C[C@H]2C(=O)NC2CC2(F)c2ccccc2)c2ccc(F)cc12. The van der Waals surface area contributed by atoms with E-state index in [1.807, 2.05) is 6.07 Å². The molecule has 1 saturated heterocycles. The summed E-state index contributed by atoms with van der Waals surface area (Å²) in [5.74, 6) is -1.85. The number of alkyl halides is 1. The number of aromatic nitrogens is 2. The molecule has 3 N–H and O–H groups in total. The molecule has 0 radical (unpaired) electrons. The topological polar surface area (TPSA) is 110 Å². The number of carbonyl (C=O) groups excluding carboxylic acids is 3. The molecule has 3 aliphatic rings. The number of benzene rings is 2. The highest BCUT2D eigenvalue weighted by molar-refractivity contribution is 6.04. The highest BCUT2D eigenvalue weighted by Gasteiger charge is 2.60. The van der Waals surface area contributed by atoms with Crippen LogP contribution in [0, 0.1) is 11.7 Å². The van der Waals surface area contributed by atoms with Crippen LogP contribution in [0.5, 0.6) is 0 Å². The Morgan fingerprint density at radius 2 is 1.91 bits per heavy atom. The van der Waals surface area contributed by atoms with Crippen LogP contribution < -0.4 is 11.1 Å². The van der Waals surface area contributed by atoms with Crippen LogP contribution in [0.15, 0.2) is 48.5 Å². The smallest absolute Gasteiger partial charge is 0.269 e. The van der Waals surface area contributed by atoms with Gasteiger partial charge in [-0.25, -0.2) is 8.78 Å². The molecule has 3 fully saturated rings. The molecule has 180 valence electrons. The maximum atomic E-state index is 15.2. The maximum absolute atomic E-state index is 15.2. The Balaban J connectivity index is 1.20. The molecule has 2 unspecified atom stereocenters. The number of primary amides is 1. The van der Waals surface area contributed by atoms with Gasteiger partial charge in [0.25, 0.3) is 5.91 Å². The van der Waals surface area contributed by atoms with Crippen molar-refractivity contribution in [2.45, 2.75) is 49.6 Å². The average molecular weight is 479 g/mol. The van der Waals surface area contributed by atoms with Crippen molar-refractivity contribution in [3.8, 4) is 0 Å². The second-order valence-corrected chi connectivity index (χ2v) is 9.64. The van der Waals surface area contributed by atoms with Crippen LogP contribution in [0.2, 0.25) is 0 Å². The monoisotopic (exact) mass is 479 g/mol. The van der Waals surface area contributed by atoms with Crippen LogP contribution in [0.25, 0.3) is 10.9 Å². The van der Waals surface area contributed by atoms with Crippen LogP contribution in [-0.4, -0.2) is 50.5 Å². The van der Waals surface area contributed by atoms with Gasteiger partial charge in [-0.1, -0.05) is 30.3 Å². The van der Waals surface area contributed by atoms with Crippen LogP contribution in [-0.2, 0) is 21.8 Å². The summed E-state index contributed by atoms with van der Waals surface area (Å²) in [6, 6.07) is 11.2. The molecule has 2 aliphatic carbocycles. The van der Waals surface area contributed by atoms with Crippen molar-refractivity contribution in [2.75, 3.05) is 0 Å². The minimum atomic E-state index is -1.60. The maximum Gasteiger partial charge on any atom is 0.269 e. The lowest BCUT2D eigenvalue weighted by Crippen LogP contribution is -2.50. The van der Waals surface area contributed by atoms with Gasteiger partial charge >= 0.3 is 0 Å². The van der Waals surface area contributed by atoms with Crippen LogP contribution in [0.3, 0.4) is 0 Å². The van der Waals surface area contributed by atoms with Gasteiger partial charge in [-0.2, -0.15) is 5.10 Å². The molecule has 0 bridgehead atoms. The fourth-order valence-electron chi connectivity index (χ4n) is 5.42. The molecule has 2 aromatic carbocycles. The Morgan fingerprint density at radius 3 is 2.66 bits per heavy atom. The van der Waals surface area contributed by atoms with Crippen molar-refractivity contribution in [1.82, 2.24) is 20.0 Å². The highest BCUT2D eigenvalue weighted by atomic mass is 19.1. The highest BCUT2D eigenvalue weighted by Crippen LogP contribution is 2.51. The molecule has 0 spiro atoms. The van der Waals surface area contributed by atoms with Gasteiger partial charge in [-0.05, 0) is 42.5 Å². The third-order valence-corrected chi connectivity index (χ3v) is 7.39. The largest absolute Gasteiger partial charge is 0.364 e. The summed E-state index contributed by atoms with van der Waals surface area (Å²) < 4.78 is 30.3. The second-order valence-electron chi connectivity index (χ2n) is 9.64. The summed E-state index contributed by atoms with van der Waals surface area (Å²) in [5.41, 5.74) is 4.59. The first-order valence-electron chi connectivity index (χ1n) is 11.6. The molecule has 1 aromatic heterocycles. The van der Waals surface area contributed by atoms with Gasteiger partial charge in [-0.3, -0.25) is 19.1 Å². The molecule has 5 atom stereocenters. The zero-order valence-corrected chi connectivity index (χ0v) is 18.7. The minimum Gasteiger partial charge on any atom is -0.364 e. The number of nitrogens with one attached hydrogen (secondary N) is 1. The molecule has 1 aliphatic heterocycles. The molecule has 35 heavy (non-hydrogen) atoms. The number of piperidine rings is 1. The Bertz CT molecular complexity index is 1380. The van der Waals surface area contributed by atoms with Gasteiger partial charge in [0.15, 0.2) is 11.4 Å². The van der Waals surface area contributed by atoms with E-state index >= 15 is 4.39 Å². The number of rotatable bonds is 6. The number of halogens is 2. The van der Waals surface area contributed by atoms with Gasteiger partial charge in [0, 0.05) is 17.8 Å². The predicted octanol–water partition coefficient (Wildman–Crippen LogP) is 2.02. The molecular formula is C25H23F2N5O3. The quantitative estimate of drug-likeness (QED) is 0.564. The van der Waals surface area contributed by atoms with E-state index < -0.39 is 29.5 Å². The van der Waals surface area contributed by atoms with E-state index in [1.54, 1.807) is 29.2 Å². The number of hydrogen-bond acceptors (Lipinski definition) is 4. The number of likely N-dealkylation sites (tertiary alicyclic amines) is 1. The van der Waals surface area contributed by atoms with E-state index in [0.29, 0.717) is 17.5 Å². The molecule has 10 heteroatoms. The van der Waals surface area contributed by atoms with Crippen LogP contribution >= 0.6 is 0 Å². The molecule has 3 amide bonds. The summed E-state index contributed by atoms with van der Waals surface area (Å²) >= 11 is 0. The predicted molar refractivity (Wildman–Crippen MR) is 121 cm³/mol. The summed E-state index contributed by atoms with van der Waals surface area (Å²) in [5, 5.41) is 7.16. The zero-order valence-electron chi connectivity index (χ0n) is 18.7. The molecule has 2 heterocycles. The first-order valence-corrected chi connectivity index (χ1v) is 11.6. The average Bonchev–Trinajstić information content (AvgIpc) is 3.65.